The van der Waals surface area contributed by atoms with E-state index in [0.29, 0.717) is 11.3 Å². The van der Waals surface area contributed by atoms with Crippen molar-refractivity contribution in [3.63, 3.8) is 0 Å². The summed E-state index contributed by atoms with van der Waals surface area (Å²) in [4.78, 5) is 2.28. The molecule has 0 unspecified atom stereocenters. The zero-order valence-electron chi connectivity index (χ0n) is 12.5. The van der Waals surface area contributed by atoms with Crippen LogP contribution < -0.4 is 15.4 Å². The van der Waals surface area contributed by atoms with Gasteiger partial charge in [0.15, 0.2) is 0 Å². The van der Waals surface area contributed by atoms with Crippen LogP contribution in [0.5, 0.6) is 5.75 Å². The molecule has 0 fully saturated rings. The molecular formula is C17H21N3O. The smallest absolute Gasteiger partial charge is 0.130 e. The maximum atomic E-state index is 7.55. The quantitative estimate of drug-likeness (QED) is 0.633. The van der Waals surface area contributed by atoms with E-state index in [9.17, 15) is 0 Å². The maximum absolute atomic E-state index is 7.55. The van der Waals surface area contributed by atoms with Gasteiger partial charge in [-0.2, -0.15) is 0 Å². The molecule has 0 radical (unpaired) electrons. The second-order valence-corrected chi connectivity index (χ2v) is 4.80. The van der Waals surface area contributed by atoms with E-state index < -0.39 is 0 Å². The number of hydrogen-bond donors (Lipinski definition) is 2. The molecule has 21 heavy (non-hydrogen) atoms. The number of methoxy groups -OCH3 is 1. The minimum Gasteiger partial charge on any atom is -0.496 e. The number of para-hydroxylation sites is 1. The first-order valence-corrected chi connectivity index (χ1v) is 6.97. The van der Waals surface area contributed by atoms with Gasteiger partial charge < -0.3 is 15.4 Å². The second-order valence-electron chi connectivity index (χ2n) is 4.80. The third-order valence-electron chi connectivity index (χ3n) is 3.43. The van der Waals surface area contributed by atoms with Crippen LogP contribution in [-0.4, -0.2) is 19.5 Å². The largest absolute Gasteiger partial charge is 0.496 e. The molecule has 0 aliphatic rings. The van der Waals surface area contributed by atoms with Gasteiger partial charge in [0.1, 0.15) is 11.6 Å². The van der Waals surface area contributed by atoms with Crippen molar-refractivity contribution in [3.05, 3.63) is 59.7 Å². The number of anilines is 1. The van der Waals surface area contributed by atoms with Crippen LogP contribution in [0.1, 0.15) is 18.1 Å². The minimum absolute atomic E-state index is 0.0220. The summed E-state index contributed by atoms with van der Waals surface area (Å²) < 4.78 is 5.33. The number of hydrogen-bond acceptors (Lipinski definition) is 3. The first kappa shape index (κ1) is 14.9. The van der Waals surface area contributed by atoms with E-state index in [0.717, 1.165) is 18.7 Å². The van der Waals surface area contributed by atoms with E-state index in [2.05, 4.69) is 24.0 Å². The van der Waals surface area contributed by atoms with Crippen LogP contribution in [0, 0.1) is 5.41 Å². The van der Waals surface area contributed by atoms with E-state index >= 15 is 0 Å². The molecule has 0 atom stereocenters. The number of rotatable bonds is 6. The minimum atomic E-state index is 0.0220. The van der Waals surface area contributed by atoms with Gasteiger partial charge in [-0.3, -0.25) is 5.41 Å². The number of benzene rings is 2. The van der Waals surface area contributed by atoms with Crippen molar-refractivity contribution in [2.45, 2.75) is 13.5 Å². The summed E-state index contributed by atoms with van der Waals surface area (Å²) in [5.41, 5.74) is 8.50. The summed E-state index contributed by atoms with van der Waals surface area (Å²) in [5.74, 6) is 0.665. The topological polar surface area (TPSA) is 62.3 Å². The van der Waals surface area contributed by atoms with Crippen molar-refractivity contribution in [2.75, 3.05) is 18.6 Å². The summed E-state index contributed by atoms with van der Waals surface area (Å²) in [6.07, 6.45) is 0. The maximum Gasteiger partial charge on any atom is 0.130 e. The van der Waals surface area contributed by atoms with Gasteiger partial charge in [0.25, 0.3) is 0 Å². The molecule has 0 spiro atoms. The molecule has 0 bridgehead atoms. The Labute approximate surface area is 125 Å². The average Bonchev–Trinajstić information content (AvgIpc) is 2.53. The molecule has 0 aromatic heterocycles. The molecule has 0 aliphatic heterocycles. The molecule has 2 aromatic rings. The van der Waals surface area contributed by atoms with E-state index in [1.807, 2.05) is 36.4 Å². The number of amidine groups is 1. The molecular weight excluding hydrogens is 262 g/mol. The Morgan fingerprint density at radius 3 is 2.48 bits per heavy atom. The van der Waals surface area contributed by atoms with Crippen molar-refractivity contribution in [2.24, 2.45) is 5.73 Å². The summed E-state index contributed by atoms with van der Waals surface area (Å²) in [6, 6.07) is 16.1. The van der Waals surface area contributed by atoms with Crippen LogP contribution in [-0.2, 0) is 6.54 Å². The van der Waals surface area contributed by atoms with Crippen LogP contribution in [0.3, 0.4) is 0 Å². The Morgan fingerprint density at radius 2 is 1.90 bits per heavy atom. The average molecular weight is 283 g/mol. The van der Waals surface area contributed by atoms with Gasteiger partial charge in [0, 0.05) is 18.8 Å². The summed E-state index contributed by atoms with van der Waals surface area (Å²) in [7, 11) is 1.60. The highest BCUT2D eigenvalue weighted by molar-refractivity contribution is 5.97. The number of nitrogens with two attached hydrogens (primary N) is 1. The SMILES string of the molecule is CCN(Cc1ccc(C(=N)N)c(OC)c1)c1ccccc1. The lowest BCUT2D eigenvalue weighted by Crippen LogP contribution is -2.22. The van der Waals surface area contributed by atoms with Gasteiger partial charge in [0.2, 0.25) is 0 Å². The Morgan fingerprint density at radius 1 is 1.19 bits per heavy atom. The van der Waals surface area contributed by atoms with Crippen molar-refractivity contribution in [1.29, 1.82) is 5.41 Å². The standard InChI is InChI=1S/C17H21N3O/c1-3-20(14-7-5-4-6-8-14)12-13-9-10-15(17(18)19)16(11-13)21-2/h4-11H,3,12H2,1-2H3,(H3,18,19). The summed E-state index contributed by atoms with van der Waals surface area (Å²) in [6.45, 7) is 3.84. The molecule has 2 rings (SSSR count). The molecule has 0 saturated carbocycles. The van der Waals surface area contributed by atoms with Gasteiger partial charge in [-0.1, -0.05) is 24.3 Å². The zero-order valence-corrected chi connectivity index (χ0v) is 12.5. The van der Waals surface area contributed by atoms with Crippen molar-refractivity contribution in [3.8, 4) is 5.75 Å². The Balaban J connectivity index is 2.24. The highest BCUT2D eigenvalue weighted by Crippen LogP contribution is 2.22. The third kappa shape index (κ3) is 3.54. The number of nitrogen functional groups attached to an aromatic ring is 1. The van der Waals surface area contributed by atoms with Crippen molar-refractivity contribution in [1.82, 2.24) is 0 Å². The lowest BCUT2D eigenvalue weighted by molar-refractivity contribution is 0.413. The highest BCUT2D eigenvalue weighted by Gasteiger charge is 2.10. The summed E-state index contributed by atoms with van der Waals surface area (Å²) >= 11 is 0. The van der Waals surface area contributed by atoms with E-state index in [4.69, 9.17) is 15.9 Å². The Kier molecular flexibility index (Phi) is 4.82. The van der Waals surface area contributed by atoms with Crippen LogP contribution in [0.4, 0.5) is 5.69 Å². The zero-order chi connectivity index (χ0) is 15.2. The van der Waals surface area contributed by atoms with Gasteiger partial charge in [-0.25, -0.2) is 0 Å². The predicted octanol–water partition coefficient (Wildman–Crippen LogP) is 3.01. The molecule has 2 aromatic carbocycles. The lowest BCUT2D eigenvalue weighted by atomic mass is 10.1. The molecule has 3 N–H and O–H groups in total. The molecule has 0 amide bonds. The molecule has 0 heterocycles. The van der Waals surface area contributed by atoms with E-state index in [1.165, 1.54) is 5.69 Å². The van der Waals surface area contributed by atoms with Crippen LogP contribution in [0.2, 0.25) is 0 Å². The molecule has 4 nitrogen and oxygen atoms in total. The van der Waals surface area contributed by atoms with Crippen LogP contribution in [0.15, 0.2) is 48.5 Å². The fourth-order valence-electron chi connectivity index (χ4n) is 2.30. The fourth-order valence-corrected chi connectivity index (χ4v) is 2.30. The summed E-state index contributed by atoms with van der Waals surface area (Å²) in [5, 5.41) is 7.55. The van der Waals surface area contributed by atoms with Crippen LogP contribution in [0.25, 0.3) is 0 Å². The Hall–Kier alpha value is -2.49. The first-order chi connectivity index (χ1) is 10.2. The van der Waals surface area contributed by atoms with E-state index in [1.54, 1.807) is 7.11 Å². The first-order valence-electron chi connectivity index (χ1n) is 6.97. The van der Waals surface area contributed by atoms with Gasteiger partial charge in [-0.15, -0.1) is 0 Å². The number of nitrogens with zero attached hydrogens (tertiary/aromatic N) is 1. The monoisotopic (exact) mass is 283 g/mol. The van der Waals surface area contributed by atoms with Crippen LogP contribution >= 0.6 is 0 Å². The van der Waals surface area contributed by atoms with Crippen molar-refractivity contribution < 1.29 is 4.74 Å². The second kappa shape index (κ2) is 6.79. The molecule has 4 heteroatoms. The molecule has 0 aliphatic carbocycles. The Bertz CT molecular complexity index is 611. The molecule has 110 valence electrons. The van der Waals surface area contributed by atoms with Gasteiger partial charge in [0.05, 0.1) is 12.7 Å². The third-order valence-corrected chi connectivity index (χ3v) is 3.43. The number of nitrogens with one attached hydrogen (secondary N) is 1. The van der Waals surface area contributed by atoms with E-state index in [-0.39, 0.29) is 5.84 Å². The van der Waals surface area contributed by atoms with Crippen molar-refractivity contribution >= 4 is 11.5 Å². The molecule has 0 saturated heterocycles. The normalized spacial score (nSPS) is 10.2. The van der Waals surface area contributed by atoms with Gasteiger partial charge in [-0.05, 0) is 36.8 Å². The van der Waals surface area contributed by atoms with Gasteiger partial charge >= 0.3 is 0 Å². The number of ether oxygens (including phenoxy) is 1. The fraction of sp³-hybridized carbons (Fsp3) is 0.235. The predicted molar refractivity (Wildman–Crippen MR) is 87.2 cm³/mol. The lowest BCUT2D eigenvalue weighted by Gasteiger charge is -2.23. The highest BCUT2D eigenvalue weighted by atomic mass is 16.5.